The second-order valence-electron chi connectivity index (χ2n) is 6.76. The van der Waals surface area contributed by atoms with Crippen molar-refractivity contribution in [3.63, 3.8) is 0 Å². The largest absolute Gasteiger partial charge is 0.314 e. The Morgan fingerprint density at radius 3 is 2.19 bits per heavy atom. The van der Waals surface area contributed by atoms with Crippen molar-refractivity contribution in [2.45, 2.75) is 72.0 Å². The standard InChI is InChI=1S/C19H34N2/c1-7-8-17(5)21(6)14-18-9-11-19(12-10-18)16(4)13-20-15(2)3/h9-12,15-17,20H,7-8,13-14H2,1-6H3. The van der Waals surface area contributed by atoms with Crippen molar-refractivity contribution in [1.82, 2.24) is 10.2 Å². The highest BCUT2D eigenvalue weighted by atomic mass is 15.1. The van der Waals surface area contributed by atoms with Crippen LogP contribution in [0.5, 0.6) is 0 Å². The number of benzene rings is 1. The van der Waals surface area contributed by atoms with E-state index >= 15 is 0 Å². The molecule has 0 aliphatic rings. The van der Waals surface area contributed by atoms with Crippen molar-refractivity contribution in [2.24, 2.45) is 0 Å². The molecule has 1 N–H and O–H groups in total. The molecule has 0 aliphatic heterocycles. The lowest BCUT2D eigenvalue weighted by Gasteiger charge is -2.24. The summed E-state index contributed by atoms with van der Waals surface area (Å²) in [5.41, 5.74) is 2.84. The lowest BCUT2D eigenvalue weighted by atomic mass is 9.99. The van der Waals surface area contributed by atoms with Crippen LogP contribution in [0.3, 0.4) is 0 Å². The van der Waals surface area contributed by atoms with E-state index in [-0.39, 0.29) is 0 Å². The van der Waals surface area contributed by atoms with Crippen molar-refractivity contribution < 1.29 is 0 Å². The quantitative estimate of drug-likeness (QED) is 0.725. The summed E-state index contributed by atoms with van der Waals surface area (Å²) in [6.45, 7) is 13.3. The van der Waals surface area contributed by atoms with Crippen molar-refractivity contribution in [1.29, 1.82) is 0 Å². The summed E-state index contributed by atoms with van der Waals surface area (Å²) in [5, 5.41) is 3.51. The summed E-state index contributed by atoms with van der Waals surface area (Å²) >= 11 is 0. The van der Waals surface area contributed by atoms with Gasteiger partial charge < -0.3 is 5.32 Å². The zero-order valence-corrected chi connectivity index (χ0v) is 14.8. The molecule has 0 spiro atoms. The van der Waals surface area contributed by atoms with Gasteiger partial charge in [0, 0.05) is 25.2 Å². The maximum absolute atomic E-state index is 3.51. The number of nitrogens with zero attached hydrogens (tertiary/aromatic N) is 1. The topological polar surface area (TPSA) is 15.3 Å². The fraction of sp³-hybridized carbons (Fsp3) is 0.684. The van der Waals surface area contributed by atoms with E-state index in [9.17, 15) is 0 Å². The zero-order valence-electron chi connectivity index (χ0n) is 14.8. The van der Waals surface area contributed by atoms with Gasteiger partial charge in [-0.05, 0) is 37.4 Å². The third-order valence-electron chi connectivity index (χ3n) is 4.27. The predicted molar refractivity (Wildman–Crippen MR) is 93.8 cm³/mol. The van der Waals surface area contributed by atoms with Gasteiger partial charge in [-0.3, -0.25) is 4.90 Å². The molecule has 1 aromatic rings. The third-order valence-corrected chi connectivity index (χ3v) is 4.27. The van der Waals surface area contributed by atoms with Crippen molar-refractivity contribution in [3.8, 4) is 0 Å². The summed E-state index contributed by atoms with van der Waals surface area (Å²) in [7, 11) is 2.23. The molecule has 0 amide bonds. The van der Waals surface area contributed by atoms with E-state index in [1.807, 2.05) is 0 Å². The Kier molecular flexibility index (Phi) is 7.98. The van der Waals surface area contributed by atoms with Crippen molar-refractivity contribution in [3.05, 3.63) is 35.4 Å². The summed E-state index contributed by atoms with van der Waals surface area (Å²) in [4.78, 5) is 2.45. The van der Waals surface area contributed by atoms with Crippen LogP contribution in [0.2, 0.25) is 0 Å². The average Bonchev–Trinajstić information content (AvgIpc) is 2.45. The fourth-order valence-electron chi connectivity index (χ4n) is 2.56. The smallest absolute Gasteiger partial charge is 0.0233 e. The highest BCUT2D eigenvalue weighted by Gasteiger charge is 2.10. The van der Waals surface area contributed by atoms with Crippen LogP contribution in [-0.4, -0.2) is 30.6 Å². The normalized spacial score (nSPS) is 14.7. The Bertz CT molecular complexity index is 383. The zero-order chi connectivity index (χ0) is 15.8. The van der Waals surface area contributed by atoms with Crippen LogP contribution in [0.15, 0.2) is 24.3 Å². The van der Waals surface area contributed by atoms with E-state index in [1.54, 1.807) is 0 Å². The molecule has 2 nitrogen and oxygen atoms in total. The Labute approximate surface area is 131 Å². The van der Waals surface area contributed by atoms with E-state index in [2.05, 4.69) is 76.1 Å². The van der Waals surface area contributed by atoms with E-state index in [0.717, 1.165) is 13.1 Å². The van der Waals surface area contributed by atoms with Gasteiger partial charge in [-0.1, -0.05) is 58.4 Å². The first-order chi connectivity index (χ1) is 9.93. The van der Waals surface area contributed by atoms with Gasteiger partial charge in [-0.2, -0.15) is 0 Å². The summed E-state index contributed by atoms with van der Waals surface area (Å²) in [6.07, 6.45) is 2.53. The van der Waals surface area contributed by atoms with Crippen LogP contribution in [0, 0.1) is 0 Å². The average molecular weight is 290 g/mol. The van der Waals surface area contributed by atoms with E-state index in [0.29, 0.717) is 18.0 Å². The molecule has 0 aromatic heterocycles. The van der Waals surface area contributed by atoms with Gasteiger partial charge in [0.05, 0.1) is 0 Å². The maximum Gasteiger partial charge on any atom is 0.0233 e. The number of nitrogens with one attached hydrogen (secondary N) is 1. The molecule has 2 atom stereocenters. The first-order valence-electron chi connectivity index (χ1n) is 8.46. The highest BCUT2D eigenvalue weighted by Crippen LogP contribution is 2.17. The van der Waals surface area contributed by atoms with Gasteiger partial charge in [0.1, 0.15) is 0 Å². The molecule has 21 heavy (non-hydrogen) atoms. The van der Waals surface area contributed by atoms with E-state index in [1.165, 1.54) is 24.0 Å². The minimum Gasteiger partial charge on any atom is -0.314 e. The third kappa shape index (κ3) is 6.62. The molecule has 2 unspecified atom stereocenters. The molecule has 0 saturated carbocycles. The fourth-order valence-corrected chi connectivity index (χ4v) is 2.56. The molecule has 0 heterocycles. The molecule has 120 valence electrons. The molecule has 1 aromatic carbocycles. The lowest BCUT2D eigenvalue weighted by molar-refractivity contribution is 0.237. The second kappa shape index (κ2) is 9.22. The minimum absolute atomic E-state index is 0.556. The van der Waals surface area contributed by atoms with Crippen LogP contribution in [0.4, 0.5) is 0 Å². The second-order valence-corrected chi connectivity index (χ2v) is 6.76. The van der Waals surface area contributed by atoms with Gasteiger partial charge >= 0.3 is 0 Å². The van der Waals surface area contributed by atoms with Crippen LogP contribution in [0.1, 0.15) is 64.5 Å². The van der Waals surface area contributed by atoms with Crippen LogP contribution in [-0.2, 0) is 6.54 Å². The Morgan fingerprint density at radius 1 is 1.05 bits per heavy atom. The number of rotatable bonds is 9. The Morgan fingerprint density at radius 2 is 1.67 bits per heavy atom. The number of hydrogen-bond acceptors (Lipinski definition) is 2. The minimum atomic E-state index is 0.556. The number of hydrogen-bond donors (Lipinski definition) is 1. The predicted octanol–water partition coefficient (Wildman–Crippen LogP) is 4.41. The maximum atomic E-state index is 3.51. The molecular weight excluding hydrogens is 256 g/mol. The summed E-state index contributed by atoms with van der Waals surface area (Å²) in [6, 6.07) is 10.4. The van der Waals surface area contributed by atoms with E-state index < -0.39 is 0 Å². The molecule has 0 bridgehead atoms. The lowest BCUT2D eigenvalue weighted by Crippen LogP contribution is -2.28. The van der Waals surface area contributed by atoms with Gasteiger partial charge in [0.25, 0.3) is 0 Å². The van der Waals surface area contributed by atoms with Crippen LogP contribution in [0.25, 0.3) is 0 Å². The van der Waals surface area contributed by atoms with Crippen molar-refractivity contribution >= 4 is 0 Å². The molecular formula is C19H34N2. The summed E-state index contributed by atoms with van der Waals surface area (Å²) in [5.74, 6) is 0.568. The van der Waals surface area contributed by atoms with Gasteiger partial charge in [-0.25, -0.2) is 0 Å². The molecule has 0 fully saturated rings. The molecule has 0 aliphatic carbocycles. The van der Waals surface area contributed by atoms with Crippen LogP contribution >= 0.6 is 0 Å². The van der Waals surface area contributed by atoms with Crippen LogP contribution < -0.4 is 5.32 Å². The van der Waals surface area contributed by atoms with Gasteiger partial charge in [0.2, 0.25) is 0 Å². The highest BCUT2D eigenvalue weighted by molar-refractivity contribution is 5.25. The first-order valence-corrected chi connectivity index (χ1v) is 8.46. The first kappa shape index (κ1) is 18.2. The SMILES string of the molecule is CCCC(C)N(C)Cc1ccc(C(C)CNC(C)C)cc1. The Balaban J connectivity index is 2.53. The van der Waals surface area contributed by atoms with Gasteiger partial charge in [-0.15, -0.1) is 0 Å². The van der Waals surface area contributed by atoms with Crippen molar-refractivity contribution in [2.75, 3.05) is 13.6 Å². The monoisotopic (exact) mass is 290 g/mol. The molecule has 0 saturated heterocycles. The molecule has 1 rings (SSSR count). The molecule has 0 radical (unpaired) electrons. The summed E-state index contributed by atoms with van der Waals surface area (Å²) < 4.78 is 0. The molecule has 2 heteroatoms. The van der Waals surface area contributed by atoms with Gasteiger partial charge in [0.15, 0.2) is 0 Å². The van der Waals surface area contributed by atoms with E-state index in [4.69, 9.17) is 0 Å². The Hall–Kier alpha value is -0.860.